The van der Waals surface area contributed by atoms with Gasteiger partial charge in [0.25, 0.3) is 0 Å². The summed E-state index contributed by atoms with van der Waals surface area (Å²) < 4.78 is 39.2. The Kier molecular flexibility index (Phi) is 7.75. The molecular weight excluding hydrogens is 503 g/mol. The van der Waals surface area contributed by atoms with Gasteiger partial charge in [-0.3, -0.25) is 14.5 Å². The number of hydrogen-bond donors (Lipinski definition) is 1. The smallest absolute Gasteiger partial charge is 0.350 e. The predicted molar refractivity (Wildman–Crippen MR) is 143 cm³/mol. The number of nitrogens with one attached hydrogen (secondary N) is 1. The van der Waals surface area contributed by atoms with Gasteiger partial charge in [-0.05, 0) is 42.0 Å². The van der Waals surface area contributed by atoms with Crippen LogP contribution >= 0.6 is 0 Å². The maximum Gasteiger partial charge on any atom is 0.416 e. The van der Waals surface area contributed by atoms with Crippen LogP contribution in [0.2, 0.25) is 0 Å². The fourth-order valence-corrected chi connectivity index (χ4v) is 5.96. The third-order valence-electron chi connectivity index (χ3n) is 7.80. The molecule has 0 bridgehead atoms. The van der Waals surface area contributed by atoms with Crippen LogP contribution in [0.4, 0.5) is 13.2 Å². The van der Waals surface area contributed by atoms with Gasteiger partial charge in [-0.1, -0.05) is 78.9 Å². The van der Waals surface area contributed by atoms with E-state index in [1.165, 1.54) is 12.1 Å². The Morgan fingerprint density at radius 2 is 1.59 bits per heavy atom. The summed E-state index contributed by atoms with van der Waals surface area (Å²) in [5.74, 6) is -0.287. The van der Waals surface area contributed by atoms with Crippen molar-refractivity contribution >= 4 is 11.8 Å². The van der Waals surface area contributed by atoms with Crippen LogP contribution in [0.15, 0.2) is 84.9 Å². The van der Waals surface area contributed by atoms with Crippen LogP contribution in [0, 0.1) is 0 Å². The van der Waals surface area contributed by atoms with Crippen LogP contribution < -0.4 is 5.32 Å². The molecule has 8 heteroatoms. The first-order chi connectivity index (χ1) is 18.8. The molecule has 0 unspecified atom stereocenters. The van der Waals surface area contributed by atoms with E-state index in [0.29, 0.717) is 44.6 Å². The van der Waals surface area contributed by atoms with Crippen molar-refractivity contribution in [1.29, 1.82) is 0 Å². The summed E-state index contributed by atoms with van der Waals surface area (Å²) in [6, 6.07) is 24.8. The van der Waals surface area contributed by atoms with E-state index in [1.54, 1.807) is 11.0 Å². The Labute approximate surface area is 226 Å². The first-order valence-electron chi connectivity index (χ1n) is 13.3. The molecule has 0 spiro atoms. The fourth-order valence-electron chi connectivity index (χ4n) is 5.96. The third-order valence-corrected chi connectivity index (χ3v) is 7.80. The standard InChI is InChI=1S/C31H32F3N3O2/c32-31(33,34)26-14-7-9-23(19-26)20-36-18-15-27(21-36)35-28(38)22-37-17-8-16-30(29(37)39,24-10-3-1-4-11-24)25-12-5-2-6-13-25/h1-7,9-14,19,27H,8,15-18,20-22H2,(H,35,38)/t27-/m1/s1. The van der Waals surface area contributed by atoms with Gasteiger partial charge in [0, 0.05) is 32.2 Å². The molecule has 0 aliphatic carbocycles. The first kappa shape index (κ1) is 26.9. The average molecular weight is 536 g/mol. The van der Waals surface area contributed by atoms with E-state index in [1.807, 2.05) is 65.6 Å². The van der Waals surface area contributed by atoms with E-state index in [4.69, 9.17) is 0 Å². The molecule has 5 rings (SSSR count). The number of halogens is 3. The largest absolute Gasteiger partial charge is 0.416 e. The molecule has 39 heavy (non-hydrogen) atoms. The van der Waals surface area contributed by atoms with Gasteiger partial charge in [0.05, 0.1) is 17.5 Å². The van der Waals surface area contributed by atoms with E-state index in [-0.39, 0.29) is 24.4 Å². The highest BCUT2D eigenvalue weighted by Gasteiger charge is 2.47. The number of carbonyl (C=O) groups is 2. The van der Waals surface area contributed by atoms with Crippen molar-refractivity contribution < 1.29 is 22.8 Å². The molecule has 204 valence electrons. The van der Waals surface area contributed by atoms with Crippen molar-refractivity contribution in [3.8, 4) is 0 Å². The zero-order valence-corrected chi connectivity index (χ0v) is 21.7. The van der Waals surface area contributed by atoms with Crippen LogP contribution in [0.25, 0.3) is 0 Å². The van der Waals surface area contributed by atoms with Crippen LogP contribution in [-0.2, 0) is 27.7 Å². The molecule has 1 N–H and O–H groups in total. The normalized spacial score (nSPS) is 19.7. The molecule has 1 atom stereocenters. The summed E-state index contributed by atoms with van der Waals surface area (Å²) in [4.78, 5) is 30.8. The van der Waals surface area contributed by atoms with E-state index < -0.39 is 17.2 Å². The molecule has 2 aliphatic heterocycles. The van der Waals surface area contributed by atoms with Gasteiger partial charge < -0.3 is 10.2 Å². The van der Waals surface area contributed by atoms with Gasteiger partial charge in [0.1, 0.15) is 0 Å². The van der Waals surface area contributed by atoms with E-state index in [0.717, 1.165) is 23.6 Å². The second kappa shape index (κ2) is 11.2. The molecule has 2 aliphatic rings. The van der Waals surface area contributed by atoms with Gasteiger partial charge in [-0.15, -0.1) is 0 Å². The third kappa shape index (κ3) is 5.86. The Balaban J connectivity index is 1.22. The van der Waals surface area contributed by atoms with Gasteiger partial charge in [-0.25, -0.2) is 0 Å². The van der Waals surface area contributed by atoms with Crippen molar-refractivity contribution in [2.45, 2.75) is 43.4 Å². The van der Waals surface area contributed by atoms with Crippen LogP contribution in [0.1, 0.15) is 41.5 Å². The summed E-state index contributed by atoms with van der Waals surface area (Å²) in [5.41, 5.74) is 0.946. The predicted octanol–water partition coefficient (Wildman–Crippen LogP) is 5.00. The minimum atomic E-state index is -4.37. The van der Waals surface area contributed by atoms with Crippen molar-refractivity contribution in [3.05, 3.63) is 107 Å². The highest BCUT2D eigenvalue weighted by molar-refractivity contribution is 5.95. The summed E-state index contributed by atoms with van der Waals surface area (Å²) >= 11 is 0. The highest BCUT2D eigenvalue weighted by atomic mass is 19.4. The summed E-state index contributed by atoms with van der Waals surface area (Å²) in [7, 11) is 0. The number of amides is 2. The highest BCUT2D eigenvalue weighted by Crippen LogP contribution is 2.41. The molecule has 2 fully saturated rings. The Bertz CT molecular complexity index is 1260. The van der Waals surface area contributed by atoms with Gasteiger partial charge in [0.15, 0.2) is 0 Å². The van der Waals surface area contributed by atoms with Crippen molar-refractivity contribution in [2.75, 3.05) is 26.2 Å². The molecule has 0 radical (unpaired) electrons. The molecule has 2 saturated heterocycles. The number of carbonyl (C=O) groups excluding carboxylic acids is 2. The lowest BCUT2D eigenvalue weighted by Gasteiger charge is -2.42. The lowest BCUT2D eigenvalue weighted by Crippen LogP contribution is -2.55. The molecule has 0 saturated carbocycles. The van der Waals surface area contributed by atoms with Crippen LogP contribution in [0.5, 0.6) is 0 Å². The Hall–Kier alpha value is -3.65. The first-order valence-corrected chi connectivity index (χ1v) is 13.3. The van der Waals surface area contributed by atoms with Gasteiger partial charge >= 0.3 is 6.18 Å². The van der Waals surface area contributed by atoms with Crippen molar-refractivity contribution in [1.82, 2.24) is 15.1 Å². The van der Waals surface area contributed by atoms with E-state index >= 15 is 0 Å². The lowest BCUT2D eigenvalue weighted by atomic mass is 9.68. The monoisotopic (exact) mass is 535 g/mol. The number of nitrogens with zero attached hydrogens (tertiary/aromatic N) is 2. The second-order valence-corrected chi connectivity index (χ2v) is 10.5. The number of benzene rings is 3. The molecular formula is C31H32F3N3O2. The molecule has 3 aromatic rings. The average Bonchev–Trinajstić information content (AvgIpc) is 3.37. The molecule has 0 aromatic heterocycles. The second-order valence-electron chi connectivity index (χ2n) is 10.5. The fraction of sp³-hybridized carbons (Fsp3) is 0.355. The minimum absolute atomic E-state index is 0.0234. The van der Waals surface area contributed by atoms with Crippen molar-refractivity contribution in [3.63, 3.8) is 0 Å². The number of alkyl halides is 3. The lowest BCUT2D eigenvalue weighted by molar-refractivity contribution is -0.142. The minimum Gasteiger partial charge on any atom is -0.350 e. The summed E-state index contributed by atoms with van der Waals surface area (Å²) in [6.45, 7) is 2.10. The maximum atomic E-state index is 14.0. The summed E-state index contributed by atoms with van der Waals surface area (Å²) in [6.07, 6.45) is -2.22. The van der Waals surface area contributed by atoms with Gasteiger partial charge in [-0.2, -0.15) is 13.2 Å². The SMILES string of the molecule is O=C(CN1CCCC(c2ccccc2)(c2ccccc2)C1=O)N[C@@H]1CCN(Cc2cccc(C(F)(F)F)c2)C1. The van der Waals surface area contributed by atoms with E-state index in [9.17, 15) is 22.8 Å². The Morgan fingerprint density at radius 1 is 0.923 bits per heavy atom. The molecule has 2 heterocycles. The van der Waals surface area contributed by atoms with Crippen LogP contribution in [0.3, 0.4) is 0 Å². The van der Waals surface area contributed by atoms with Crippen molar-refractivity contribution in [2.24, 2.45) is 0 Å². The Morgan fingerprint density at radius 3 is 2.23 bits per heavy atom. The number of piperidine rings is 1. The quantitative estimate of drug-likeness (QED) is 0.463. The molecule has 5 nitrogen and oxygen atoms in total. The van der Waals surface area contributed by atoms with Gasteiger partial charge in [0.2, 0.25) is 11.8 Å². The summed E-state index contributed by atoms with van der Waals surface area (Å²) in [5, 5.41) is 3.05. The number of rotatable bonds is 7. The zero-order chi connectivity index (χ0) is 27.5. The van der Waals surface area contributed by atoms with Crippen LogP contribution in [-0.4, -0.2) is 53.8 Å². The molecule has 2 amide bonds. The van der Waals surface area contributed by atoms with E-state index in [2.05, 4.69) is 5.32 Å². The number of hydrogen-bond acceptors (Lipinski definition) is 3. The number of likely N-dealkylation sites (tertiary alicyclic amines) is 2. The zero-order valence-electron chi connectivity index (χ0n) is 21.7. The molecule has 3 aromatic carbocycles. The topological polar surface area (TPSA) is 52.7 Å². The maximum absolute atomic E-state index is 14.0.